The van der Waals surface area contributed by atoms with E-state index in [2.05, 4.69) is 10.0 Å². The number of nitrogens with zero attached hydrogens (tertiary/aromatic N) is 1. The summed E-state index contributed by atoms with van der Waals surface area (Å²) in [5.74, 6) is 0. The van der Waals surface area contributed by atoms with Crippen LogP contribution in [0.2, 0.25) is 5.02 Å². The van der Waals surface area contributed by atoms with E-state index in [0.717, 1.165) is 5.56 Å². The maximum Gasteiger partial charge on any atom is 0.279 e. The fraction of sp³-hybridized carbons (Fsp3) is 0.455. The molecule has 0 aliphatic carbocycles. The van der Waals surface area contributed by atoms with Gasteiger partial charge in [-0.15, -0.1) is 0 Å². The highest BCUT2D eigenvalue weighted by molar-refractivity contribution is 7.87. The third-order valence-electron chi connectivity index (χ3n) is 2.79. The maximum atomic E-state index is 12.0. The first-order valence-corrected chi connectivity index (χ1v) is 7.60. The van der Waals surface area contributed by atoms with Crippen molar-refractivity contribution in [3.63, 3.8) is 0 Å². The molecule has 0 atom stereocenters. The second kappa shape index (κ2) is 5.99. The van der Waals surface area contributed by atoms with E-state index < -0.39 is 10.2 Å². The van der Waals surface area contributed by atoms with E-state index in [1.54, 1.807) is 12.1 Å². The monoisotopic (exact) mass is 289 g/mol. The van der Waals surface area contributed by atoms with Crippen molar-refractivity contribution in [3.8, 4) is 0 Å². The van der Waals surface area contributed by atoms with Gasteiger partial charge in [-0.3, -0.25) is 0 Å². The third-order valence-corrected chi connectivity index (χ3v) is 4.59. The van der Waals surface area contributed by atoms with Crippen LogP contribution >= 0.6 is 11.6 Å². The van der Waals surface area contributed by atoms with E-state index in [-0.39, 0.29) is 6.54 Å². The van der Waals surface area contributed by atoms with Gasteiger partial charge in [0.2, 0.25) is 0 Å². The molecule has 1 aromatic rings. The molecular weight excluding hydrogens is 274 g/mol. The predicted molar refractivity (Wildman–Crippen MR) is 71.7 cm³/mol. The molecule has 0 unspecified atom stereocenters. The molecule has 0 spiro atoms. The van der Waals surface area contributed by atoms with Crippen LogP contribution in [0.5, 0.6) is 0 Å². The summed E-state index contributed by atoms with van der Waals surface area (Å²) in [4.78, 5) is 0. The van der Waals surface area contributed by atoms with Crippen molar-refractivity contribution < 1.29 is 8.42 Å². The Morgan fingerprint density at radius 3 is 2.44 bits per heavy atom. The average molecular weight is 290 g/mol. The van der Waals surface area contributed by atoms with Crippen LogP contribution in [0, 0.1) is 0 Å². The molecule has 1 heterocycles. The Hall–Kier alpha value is -0.660. The van der Waals surface area contributed by atoms with Gasteiger partial charge in [0.25, 0.3) is 10.2 Å². The lowest BCUT2D eigenvalue weighted by Crippen LogP contribution is -2.50. The summed E-state index contributed by atoms with van der Waals surface area (Å²) < 4.78 is 28.0. The number of rotatable bonds is 4. The lowest BCUT2D eigenvalue weighted by atomic mass is 10.2. The number of halogens is 1. The standard InChI is InChI=1S/C11H16ClN3O2S/c12-11-3-1-10(2-4-11)9-14-18(16,17)15-7-5-13-6-8-15/h1-4,13-14H,5-9H2. The zero-order valence-corrected chi connectivity index (χ0v) is 11.5. The van der Waals surface area contributed by atoms with Crippen molar-refractivity contribution in [1.29, 1.82) is 0 Å². The van der Waals surface area contributed by atoms with Crippen LogP contribution in [0.1, 0.15) is 5.56 Å². The van der Waals surface area contributed by atoms with Crippen molar-refractivity contribution in [1.82, 2.24) is 14.3 Å². The van der Waals surface area contributed by atoms with E-state index in [1.807, 2.05) is 12.1 Å². The van der Waals surface area contributed by atoms with Gasteiger partial charge in [0, 0.05) is 37.7 Å². The number of hydrogen-bond acceptors (Lipinski definition) is 3. The number of nitrogens with one attached hydrogen (secondary N) is 2. The highest BCUT2D eigenvalue weighted by Gasteiger charge is 2.22. The molecule has 0 aromatic heterocycles. The van der Waals surface area contributed by atoms with Crippen molar-refractivity contribution in [2.45, 2.75) is 6.54 Å². The van der Waals surface area contributed by atoms with Crippen molar-refractivity contribution >= 4 is 21.8 Å². The summed E-state index contributed by atoms with van der Waals surface area (Å²) in [5.41, 5.74) is 0.887. The quantitative estimate of drug-likeness (QED) is 0.852. The minimum atomic E-state index is -3.38. The van der Waals surface area contributed by atoms with Gasteiger partial charge >= 0.3 is 0 Å². The highest BCUT2D eigenvalue weighted by atomic mass is 35.5. The van der Waals surface area contributed by atoms with Crippen LogP contribution < -0.4 is 10.0 Å². The van der Waals surface area contributed by atoms with Gasteiger partial charge in [0.05, 0.1) is 0 Å². The number of piperazine rings is 1. The molecule has 0 amide bonds. The molecule has 1 saturated heterocycles. The van der Waals surface area contributed by atoms with Crippen LogP contribution in [-0.2, 0) is 16.8 Å². The van der Waals surface area contributed by atoms with Gasteiger partial charge < -0.3 is 5.32 Å². The zero-order chi connectivity index (χ0) is 13.0. The van der Waals surface area contributed by atoms with E-state index in [0.29, 0.717) is 31.2 Å². The Bertz CT molecular complexity index is 484. The predicted octanol–water partition coefficient (Wildman–Crippen LogP) is 0.580. The third kappa shape index (κ3) is 3.66. The summed E-state index contributed by atoms with van der Waals surface area (Å²) >= 11 is 5.77. The van der Waals surface area contributed by atoms with Crippen LogP contribution in [0.25, 0.3) is 0 Å². The second-order valence-corrected chi connectivity index (χ2v) is 6.29. The fourth-order valence-electron chi connectivity index (χ4n) is 1.75. The fourth-order valence-corrected chi connectivity index (χ4v) is 3.07. The van der Waals surface area contributed by atoms with Gasteiger partial charge in [-0.05, 0) is 17.7 Å². The smallest absolute Gasteiger partial charge is 0.279 e. The first-order valence-electron chi connectivity index (χ1n) is 5.78. The highest BCUT2D eigenvalue weighted by Crippen LogP contribution is 2.10. The van der Waals surface area contributed by atoms with E-state index in [9.17, 15) is 8.42 Å². The molecule has 1 fully saturated rings. The molecular formula is C11H16ClN3O2S. The van der Waals surface area contributed by atoms with Crippen LogP contribution in [0.3, 0.4) is 0 Å². The van der Waals surface area contributed by atoms with Crippen molar-refractivity contribution in [2.24, 2.45) is 0 Å². The molecule has 2 N–H and O–H groups in total. The molecule has 5 nitrogen and oxygen atoms in total. The molecule has 1 aromatic carbocycles. The normalized spacial score (nSPS) is 17.8. The van der Waals surface area contributed by atoms with Crippen molar-refractivity contribution in [2.75, 3.05) is 26.2 Å². The second-order valence-electron chi connectivity index (χ2n) is 4.10. The molecule has 0 radical (unpaired) electrons. The Morgan fingerprint density at radius 2 is 1.83 bits per heavy atom. The molecule has 2 rings (SSSR count). The Balaban J connectivity index is 1.94. The minimum Gasteiger partial charge on any atom is -0.314 e. The summed E-state index contributed by atoms with van der Waals surface area (Å²) in [5, 5.41) is 3.76. The topological polar surface area (TPSA) is 61.4 Å². The lowest BCUT2D eigenvalue weighted by Gasteiger charge is -2.26. The Kier molecular flexibility index (Phi) is 4.58. The molecule has 18 heavy (non-hydrogen) atoms. The molecule has 0 bridgehead atoms. The number of hydrogen-bond donors (Lipinski definition) is 2. The van der Waals surface area contributed by atoms with E-state index in [1.165, 1.54) is 4.31 Å². The van der Waals surface area contributed by atoms with Gasteiger partial charge in [0.15, 0.2) is 0 Å². The first kappa shape index (κ1) is 13.8. The SMILES string of the molecule is O=S(=O)(NCc1ccc(Cl)cc1)N1CCNCC1. The van der Waals surface area contributed by atoms with Crippen LogP contribution in [0.4, 0.5) is 0 Å². The molecule has 1 aliphatic heterocycles. The minimum absolute atomic E-state index is 0.281. The number of benzene rings is 1. The molecule has 7 heteroatoms. The largest absolute Gasteiger partial charge is 0.314 e. The molecule has 1 aliphatic rings. The molecule has 100 valence electrons. The lowest BCUT2D eigenvalue weighted by molar-refractivity contribution is 0.354. The Labute approximate surface area is 112 Å². The van der Waals surface area contributed by atoms with Crippen molar-refractivity contribution in [3.05, 3.63) is 34.9 Å². The van der Waals surface area contributed by atoms with Gasteiger partial charge in [-0.2, -0.15) is 17.4 Å². The maximum absolute atomic E-state index is 12.0. The summed E-state index contributed by atoms with van der Waals surface area (Å²) in [7, 11) is -3.38. The summed E-state index contributed by atoms with van der Waals surface area (Å²) in [6, 6.07) is 7.11. The van der Waals surface area contributed by atoms with Gasteiger partial charge in [0.1, 0.15) is 0 Å². The summed E-state index contributed by atoms with van der Waals surface area (Å²) in [6.45, 7) is 2.69. The van der Waals surface area contributed by atoms with Crippen LogP contribution in [-0.4, -0.2) is 38.9 Å². The Morgan fingerprint density at radius 1 is 1.22 bits per heavy atom. The van der Waals surface area contributed by atoms with Gasteiger partial charge in [-0.25, -0.2) is 0 Å². The average Bonchev–Trinajstić information content (AvgIpc) is 2.39. The summed E-state index contributed by atoms with van der Waals surface area (Å²) in [6.07, 6.45) is 0. The van der Waals surface area contributed by atoms with E-state index >= 15 is 0 Å². The zero-order valence-electron chi connectivity index (χ0n) is 9.89. The van der Waals surface area contributed by atoms with Crippen LogP contribution in [0.15, 0.2) is 24.3 Å². The van der Waals surface area contributed by atoms with Gasteiger partial charge in [-0.1, -0.05) is 23.7 Å². The molecule has 0 saturated carbocycles. The van der Waals surface area contributed by atoms with E-state index in [4.69, 9.17) is 11.6 Å². The first-order chi connectivity index (χ1) is 8.58.